The summed E-state index contributed by atoms with van der Waals surface area (Å²) in [5.41, 5.74) is 2.71. The molecule has 9 heteroatoms. The molecule has 33 heavy (non-hydrogen) atoms. The molecule has 3 aromatic heterocycles. The number of thiazole rings is 1. The van der Waals surface area contributed by atoms with Crippen molar-refractivity contribution >= 4 is 22.4 Å². The molecule has 5 rings (SSSR count). The summed E-state index contributed by atoms with van der Waals surface area (Å²) >= 11 is 1.42. The van der Waals surface area contributed by atoms with Crippen LogP contribution in [0.15, 0.2) is 64.6 Å². The number of hydrogen-bond donors (Lipinski definition) is 1. The molecule has 0 spiro atoms. The third kappa shape index (κ3) is 4.90. The number of nitrogens with one attached hydrogen (secondary N) is 1. The highest BCUT2D eigenvalue weighted by molar-refractivity contribution is 7.14. The molecule has 1 amide bonds. The first-order valence-electron chi connectivity index (χ1n) is 10.9. The fourth-order valence-corrected chi connectivity index (χ4v) is 4.79. The lowest BCUT2D eigenvalue weighted by Gasteiger charge is -2.34. The average Bonchev–Trinajstić information content (AvgIpc) is 3.54. The number of aromatic nitrogens is 3. The van der Waals surface area contributed by atoms with Crippen LogP contribution < -0.4 is 5.32 Å². The molecule has 2 atom stereocenters. The molecule has 0 bridgehead atoms. The second-order valence-corrected chi connectivity index (χ2v) is 9.05. The van der Waals surface area contributed by atoms with Gasteiger partial charge in [-0.05, 0) is 38.1 Å². The van der Waals surface area contributed by atoms with Crippen molar-refractivity contribution in [2.75, 3.05) is 18.4 Å². The highest BCUT2D eigenvalue weighted by Gasteiger charge is 2.23. The van der Waals surface area contributed by atoms with Gasteiger partial charge < -0.3 is 9.15 Å². The summed E-state index contributed by atoms with van der Waals surface area (Å²) in [6, 6.07) is 14.9. The Morgan fingerprint density at radius 3 is 2.67 bits per heavy atom. The molecule has 1 aliphatic heterocycles. The first-order chi connectivity index (χ1) is 16.0. The van der Waals surface area contributed by atoms with Gasteiger partial charge in [-0.1, -0.05) is 18.2 Å². The number of benzene rings is 1. The van der Waals surface area contributed by atoms with Crippen molar-refractivity contribution in [2.24, 2.45) is 0 Å². The lowest BCUT2D eigenvalue weighted by molar-refractivity contribution is -0.0707. The second kappa shape index (κ2) is 9.30. The molecule has 2 unspecified atom stereocenters. The Kier molecular flexibility index (Phi) is 6.08. The highest BCUT2D eigenvalue weighted by atomic mass is 32.1. The zero-order chi connectivity index (χ0) is 22.8. The number of furan rings is 1. The maximum atomic E-state index is 13.2. The van der Waals surface area contributed by atoms with Gasteiger partial charge in [-0.3, -0.25) is 15.0 Å². The maximum Gasteiger partial charge on any atom is 0.276 e. The van der Waals surface area contributed by atoms with E-state index in [-0.39, 0.29) is 18.1 Å². The topological polar surface area (TPSA) is 85.4 Å². The predicted octanol–water partition coefficient (Wildman–Crippen LogP) is 4.45. The van der Waals surface area contributed by atoms with Crippen LogP contribution >= 0.6 is 11.3 Å². The molecule has 1 aromatic carbocycles. The van der Waals surface area contributed by atoms with E-state index in [4.69, 9.17) is 9.15 Å². The minimum Gasteiger partial charge on any atom is -0.463 e. The fourth-order valence-electron chi connectivity index (χ4n) is 4.09. The van der Waals surface area contributed by atoms with Crippen molar-refractivity contribution in [3.8, 4) is 17.1 Å². The van der Waals surface area contributed by atoms with Gasteiger partial charge in [-0.25, -0.2) is 9.67 Å². The Balaban J connectivity index is 1.35. The van der Waals surface area contributed by atoms with E-state index in [2.05, 4.69) is 34.1 Å². The molecule has 0 saturated carbocycles. The van der Waals surface area contributed by atoms with Gasteiger partial charge in [0, 0.05) is 31.1 Å². The zero-order valence-corrected chi connectivity index (χ0v) is 19.3. The highest BCUT2D eigenvalue weighted by Crippen LogP contribution is 2.24. The molecule has 170 valence electrons. The first kappa shape index (κ1) is 21.6. The summed E-state index contributed by atoms with van der Waals surface area (Å²) in [6.07, 6.45) is 1.99. The minimum absolute atomic E-state index is 0.202. The number of amides is 1. The van der Waals surface area contributed by atoms with E-state index in [1.54, 1.807) is 23.1 Å². The molecule has 4 aromatic rings. The van der Waals surface area contributed by atoms with Crippen LogP contribution in [0.4, 0.5) is 5.13 Å². The number of morpholine rings is 1. The Morgan fingerprint density at radius 1 is 1.15 bits per heavy atom. The quantitative estimate of drug-likeness (QED) is 0.455. The SMILES string of the molecule is CC1CN(Cc2csc(NC(=O)c3cc(-c4ccco4)nn3-c3ccccc3)n2)CC(C)O1. The molecule has 0 aliphatic carbocycles. The Hall–Kier alpha value is -3.27. The summed E-state index contributed by atoms with van der Waals surface area (Å²) in [6.45, 7) is 6.64. The lowest BCUT2D eigenvalue weighted by Crippen LogP contribution is -2.44. The predicted molar refractivity (Wildman–Crippen MR) is 127 cm³/mol. The number of para-hydroxylation sites is 1. The maximum absolute atomic E-state index is 13.2. The summed E-state index contributed by atoms with van der Waals surface area (Å²) in [5, 5.41) is 10.1. The van der Waals surface area contributed by atoms with Crippen LogP contribution in [0, 0.1) is 0 Å². The van der Waals surface area contributed by atoms with Crippen molar-refractivity contribution in [1.82, 2.24) is 19.7 Å². The Labute approximate surface area is 195 Å². The molecule has 1 saturated heterocycles. The fraction of sp³-hybridized carbons (Fsp3) is 0.292. The molecule has 8 nitrogen and oxygen atoms in total. The number of ether oxygens (including phenoxy) is 1. The van der Waals surface area contributed by atoms with Crippen LogP contribution in [0.5, 0.6) is 0 Å². The number of carbonyl (C=O) groups excluding carboxylic acids is 1. The minimum atomic E-state index is -0.279. The third-order valence-electron chi connectivity index (χ3n) is 5.37. The lowest BCUT2D eigenvalue weighted by atomic mass is 10.2. The molecule has 4 heterocycles. The van der Waals surface area contributed by atoms with E-state index >= 15 is 0 Å². The molecular weight excluding hydrogens is 438 g/mol. The monoisotopic (exact) mass is 463 g/mol. The van der Waals surface area contributed by atoms with Crippen molar-refractivity contribution in [2.45, 2.75) is 32.6 Å². The van der Waals surface area contributed by atoms with Crippen LogP contribution in [-0.4, -0.2) is 50.9 Å². The van der Waals surface area contributed by atoms with E-state index in [9.17, 15) is 4.79 Å². The van der Waals surface area contributed by atoms with Gasteiger partial charge in [0.05, 0.1) is 29.9 Å². The first-order valence-corrected chi connectivity index (χ1v) is 11.8. The molecule has 1 aliphatic rings. The third-order valence-corrected chi connectivity index (χ3v) is 6.18. The number of rotatable bonds is 6. The van der Waals surface area contributed by atoms with E-state index < -0.39 is 0 Å². The van der Waals surface area contributed by atoms with E-state index in [1.807, 2.05) is 41.8 Å². The van der Waals surface area contributed by atoms with Crippen LogP contribution in [0.25, 0.3) is 17.1 Å². The number of nitrogens with zero attached hydrogens (tertiary/aromatic N) is 4. The van der Waals surface area contributed by atoms with E-state index in [1.165, 1.54) is 11.3 Å². The van der Waals surface area contributed by atoms with E-state index in [0.717, 1.165) is 31.0 Å². The van der Waals surface area contributed by atoms with Gasteiger partial charge >= 0.3 is 0 Å². The molecule has 1 fully saturated rings. The van der Waals surface area contributed by atoms with Crippen molar-refractivity contribution in [1.29, 1.82) is 0 Å². The van der Waals surface area contributed by atoms with Gasteiger partial charge in [0.15, 0.2) is 10.9 Å². The van der Waals surface area contributed by atoms with Crippen molar-refractivity contribution < 1.29 is 13.9 Å². The molecule has 0 radical (unpaired) electrons. The van der Waals surface area contributed by atoms with E-state index in [0.29, 0.717) is 22.3 Å². The largest absolute Gasteiger partial charge is 0.463 e. The van der Waals surface area contributed by atoms with Gasteiger partial charge in [-0.15, -0.1) is 11.3 Å². The summed E-state index contributed by atoms with van der Waals surface area (Å²) in [7, 11) is 0. The molecule has 1 N–H and O–H groups in total. The molecular formula is C24H25N5O3S. The Morgan fingerprint density at radius 2 is 1.94 bits per heavy atom. The average molecular weight is 464 g/mol. The number of anilines is 1. The van der Waals surface area contributed by atoms with Gasteiger partial charge in [0.1, 0.15) is 11.4 Å². The van der Waals surface area contributed by atoms with Gasteiger partial charge in [0.2, 0.25) is 0 Å². The summed E-state index contributed by atoms with van der Waals surface area (Å²) in [4.78, 5) is 20.2. The van der Waals surface area contributed by atoms with Crippen molar-refractivity contribution in [3.05, 3.63) is 71.6 Å². The van der Waals surface area contributed by atoms with Crippen molar-refractivity contribution in [3.63, 3.8) is 0 Å². The summed E-state index contributed by atoms with van der Waals surface area (Å²) in [5.74, 6) is 0.322. The van der Waals surface area contributed by atoms with Crippen LogP contribution in [0.1, 0.15) is 30.0 Å². The number of carbonyl (C=O) groups is 1. The van der Waals surface area contributed by atoms with Gasteiger partial charge in [-0.2, -0.15) is 5.10 Å². The number of hydrogen-bond acceptors (Lipinski definition) is 7. The summed E-state index contributed by atoms with van der Waals surface area (Å²) < 4.78 is 12.9. The normalized spacial score (nSPS) is 19.0. The Bertz CT molecular complexity index is 1210. The smallest absolute Gasteiger partial charge is 0.276 e. The second-order valence-electron chi connectivity index (χ2n) is 8.19. The standard InChI is InChI=1S/C24H25N5O3S/c1-16-12-28(13-17(2)32-16)14-18-15-33-24(25-18)26-23(30)21-11-20(22-9-6-10-31-22)27-29(21)19-7-4-3-5-8-19/h3-11,15-17H,12-14H2,1-2H3,(H,25,26,30). The van der Waals surface area contributed by atoms with Crippen LogP contribution in [-0.2, 0) is 11.3 Å². The van der Waals surface area contributed by atoms with Crippen LogP contribution in [0.2, 0.25) is 0 Å². The van der Waals surface area contributed by atoms with Crippen LogP contribution in [0.3, 0.4) is 0 Å². The van der Waals surface area contributed by atoms with Gasteiger partial charge in [0.25, 0.3) is 5.91 Å². The zero-order valence-electron chi connectivity index (χ0n) is 18.5.